The molecule has 9 heteroatoms. The predicted octanol–water partition coefficient (Wildman–Crippen LogP) is 0.412. The maximum atomic E-state index is 12.3. The summed E-state index contributed by atoms with van der Waals surface area (Å²) < 4.78 is 0. The average Bonchev–Trinajstić information content (AvgIpc) is 3.04. The number of carbonyl (C=O) groups is 1. The van der Waals surface area contributed by atoms with Crippen LogP contribution in [-0.2, 0) is 0 Å². The monoisotopic (exact) mass is 320 g/mol. The summed E-state index contributed by atoms with van der Waals surface area (Å²) in [5.41, 5.74) is 1.27. The van der Waals surface area contributed by atoms with Crippen molar-refractivity contribution in [1.82, 2.24) is 15.1 Å². The Morgan fingerprint density at radius 2 is 1.83 bits per heavy atom. The zero-order chi connectivity index (χ0) is 16.8. The number of aromatic nitrogens is 2. The fourth-order valence-electron chi connectivity index (χ4n) is 2.06. The summed E-state index contributed by atoms with van der Waals surface area (Å²) in [6.45, 7) is -0.221. The minimum Gasteiger partial charge on any atom is -0.395 e. The highest BCUT2D eigenvalue weighted by molar-refractivity contribution is 5.93. The standard InChI is InChI=1S/C14H16N4O5/c19-7-5-17(6-8-20)14(21)13-9-12(15-16-13)10-1-3-11(4-2-10)18(22)23/h1-4,9,19-20H,5-8H2,(H,15,16). The number of amides is 1. The summed E-state index contributed by atoms with van der Waals surface area (Å²) in [5.74, 6) is -0.395. The lowest BCUT2D eigenvalue weighted by molar-refractivity contribution is -0.384. The van der Waals surface area contributed by atoms with Gasteiger partial charge >= 0.3 is 0 Å². The second-order valence-electron chi connectivity index (χ2n) is 4.71. The minimum absolute atomic E-state index is 0.0300. The van der Waals surface area contributed by atoms with Gasteiger partial charge < -0.3 is 15.1 Å². The van der Waals surface area contributed by atoms with Crippen LogP contribution in [0.4, 0.5) is 5.69 Å². The summed E-state index contributed by atoms with van der Waals surface area (Å²) in [5, 5.41) is 35.2. The number of nitrogens with one attached hydrogen (secondary N) is 1. The molecule has 122 valence electrons. The number of nitrogens with zero attached hydrogens (tertiary/aromatic N) is 3. The van der Waals surface area contributed by atoms with Crippen LogP contribution in [0.1, 0.15) is 10.5 Å². The number of non-ortho nitro benzene ring substituents is 1. The van der Waals surface area contributed by atoms with Gasteiger partial charge in [0.05, 0.1) is 23.8 Å². The van der Waals surface area contributed by atoms with Crippen molar-refractivity contribution in [2.45, 2.75) is 0 Å². The van der Waals surface area contributed by atoms with Crippen LogP contribution in [0.15, 0.2) is 30.3 Å². The molecular formula is C14H16N4O5. The van der Waals surface area contributed by atoms with E-state index in [-0.39, 0.29) is 37.7 Å². The molecule has 1 heterocycles. The Morgan fingerprint density at radius 1 is 1.22 bits per heavy atom. The number of carbonyl (C=O) groups excluding carboxylic acids is 1. The molecular weight excluding hydrogens is 304 g/mol. The van der Waals surface area contributed by atoms with Gasteiger partial charge in [0.15, 0.2) is 0 Å². The Bertz CT molecular complexity index is 677. The lowest BCUT2D eigenvalue weighted by atomic mass is 10.1. The highest BCUT2D eigenvalue weighted by atomic mass is 16.6. The molecule has 9 nitrogen and oxygen atoms in total. The molecule has 0 bridgehead atoms. The molecule has 0 aliphatic heterocycles. The van der Waals surface area contributed by atoms with Gasteiger partial charge in [-0.05, 0) is 18.2 Å². The van der Waals surface area contributed by atoms with Gasteiger partial charge in [-0.2, -0.15) is 5.10 Å². The lowest BCUT2D eigenvalue weighted by Gasteiger charge is -2.19. The Morgan fingerprint density at radius 3 is 2.35 bits per heavy atom. The largest absolute Gasteiger partial charge is 0.395 e. The maximum Gasteiger partial charge on any atom is 0.272 e. The SMILES string of the molecule is O=C(c1cc(-c2ccc([N+](=O)[O-])cc2)n[nH]1)N(CCO)CCO. The molecule has 0 aliphatic rings. The van der Waals surface area contributed by atoms with Gasteiger partial charge in [0.2, 0.25) is 0 Å². The molecule has 2 rings (SSSR count). The number of hydrogen-bond donors (Lipinski definition) is 3. The van der Waals surface area contributed by atoms with E-state index in [1.807, 2.05) is 0 Å². The van der Waals surface area contributed by atoms with E-state index in [2.05, 4.69) is 10.2 Å². The van der Waals surface area contributed by atoms with E-state index in [1.165, 1.54) is 23.1 Å². The third-order valence-electron chi connectivity index (χ3n) is 3.21. The molecule has 0 fully saturated rings. The van der Waals surface area contributed by atoms with Crippen LogP contribution in [0.3, 0.4) is 0 Å². The number of benzene rings is 1. The molecule has 0 radical (unpaired) electrons. The molecule has 2 aromatic rings. The van der Waals surface area contributed by atoms with Crippen LogP contribution in [-0.4, -0.2) is 62.4 Å². The molecule has 0 saturated carbocycles. The fourth-order valence-corrected chi connectivity index (χ4v) is 2.06. The average molecular weight is 320 g/mol. The predicted molar refractivity (Wildman–Crippen MR) is 80.8 cm³/mol. The van der Waals surface area contributed by atoms with Crippen LogP contribution < -0.4 is 0 Å². The van der Waals surface area contributed by atoms with E-state index in [9.17, 15) is 14.9 Å². The van der Waals surface area contributed by atoms with Crippen LogP contribution in [0.2, 0.25) is 0 Å². The van der Waals surface area contributed by atoms with Gasteiger partial charge in [0.25, 0.3) is 11.6 Å². The Kier molecular flexibility index (Phi) is 5.39. The number of H-pyrrole nitrogens is 1. The van der Waals surface area contributed by atoms with Crippen LogP contribution in [0, 0.1) is 10.1 Å². The summed E-state index contributed by atoms with van der Waals surface area (Å²) in [6, 6.07) is 7.32. The van der Waals surface area contributed by atoms with Gasteiger partial charge in [0.1, 0.15) is 5.69 Å². The van der Waals surface area contributed by atoms with Crippen molar-refractivity contribution in [3.05, 3.63) is 46.1 Å². The van der Waals surface area contributed by atoms with Crippen LogP contribution in [0.25, 0.3) is 11.3 Å². The molecule has 1 amide bonds. The Labute approximate surface area is 131 Å². The number of hydrogen-bond acceptors (Lipinski definition) is 6. The van der Waals surface area contributed by atoms with E-state index in [0.717, 1.165) is 0 Å². The normalized spacial score (nSPS) is 10.5. The van der Waals surface area contributed by atoms with Gasteiger partial charge in [-0.15, -0.1) is 0 Å². The van der Waals surface area contributed by atoms with Crippen LogP contribution >= 0.6 is 0 Å². The summed E-state index contributed by atoms with van der Waals surface area (Å²) in [6.07, 6.45) is 0. The zero-order valence-corrected chi connectivity index (χ0v) is 12.2. The first-order chi connectivity index (χ1) is 11.1. The first-order valence-corrected chi connectivity index (χ1v) is 6.88. The van der Waals surface area contributed by atoms with E-state index in [1.54, 1.807) is 12.1 Å². The number of nitro groups is 1. The molecule has 0 saturated heterocycles. The topological polar surface area (TPSA) is 133 Å². The van der Waals surface area contributed by atoms with E-state index < -0.39 is 10.8 Å². The third kappa shape index (κ3) is 3.90. The molecule has 0 atom stereocenters. The second kappa shape index (κ2) is 7.47. The molecule has 0 unspecified atom stereocenters. The van der Waals surface area contributed by atoms with Crippen molar-refractivity contribution < 1.29 is 19.9 Å². The zero-order valence-electron chi connectivity index (χ0n) is 12.2. The number of aliphatic hydroxyl groups excluding tert-OH is 2. The highest BCUT2D eigenvalue weighted by Gasteiger charge is 2.18. The van der Waals surface area contributed by atoms with E-state index in [4.69, 9.17) is 10.2 Å². The van der Waals surface area contributed by atoms with Crippen molar-refractivity contribution in [2.75, 3.05) is 26.3 Å². The lowest BCUT2D eigenvalue weighted by Crippen LogP contribution is -2.36. The molecule has 0 spiro atoms. The van der Waals surface area contributed by atoms with Crippen molar-refractivity contribution in [3.63, 3.8) is 0 Å². The van der Waals surface area contributed by atoms with E-state index >= 15 is 0 Å². The van der Waals surface area contributed by atoms with Gasteiger partial charge in [-0.3, -0.25) is 20.0 Å². The van der Waals surface area contributed by atoms with Gasteiger partial charge in [-0.25, -0.2) is 0 Å². The second-order valence-corrected chi connectivity index (χ2v) is 4.71. The number of aliphatic hydroxyl groups is 2. The molecule has 23 heavy (non-hydrogen) atoms. The van der Waals surface area contributed by atoms with Crippen molar-refractivity contribution in [2.24, 2.45) is 0 Å². The smallest absolute Gasteiger partial charge is 0.272 e. The highest BCUT2D eigenvalue weighted by Crippen LogP contribution is 2.21. The summed E-state index contributed by atoms with van der Waals surface area (Å²) >= 11 is 0. The van der Waals surface area contributed by atoms with Crippen molar-refractivity contribution in [3.8, 4) is 11.3 Å². The number of aromatic amines is 1. The molecule has 1 aromatic heterocycles. The Hall–Kier alpha value is -2.78. The van der Waals surface area contributed by atoms with Crippen molar-refractivity contribution in [1.29, 1.82) is 0 Å². The third-order valence-corrected chi connectivity index (χ3v) is 3.21. The quantitative estimate of drug-likeness (QED) is 0.500. The molecule has 1 aromatic carbocycles. The summed E-state index contributed by atoms with van der Waals surface area (Å²) in [7, 11) is 0. The molecule has 3 N–H and O–H groups in total. The Balaban J connectivity index is 2.19. The molecule has 0 aliphatic carbocycles. The minimum atomic E-state index is -0.495. The van der Waals surface area contributed by atoms with E-state index in [0.29, 0.717) is 11.3 Å². The van der Waals surface area contributed by atoms with Crippen LogP contribution in [0.5, 0.6) is 0 Å². The maximum absolute atomic E-state index is 12.3. The first-order valence-electron chi connectivity index (χ1n) is 6.88. The number of rotatable bonds is 7. The number of nitro benzene ring substituents is 1. The van der Waals surface area contributed by atoms with Gasteiger partial charge in [0, 0.05) is 30.8 Å². The van der Waals surface area contributed by atoms with Crippen molar-refractivity contribution >= 4 is 11.6 Å². The van der Waals surface area contributed by atoms with Gasteiger partial charge in [-0.1, -0.05) is 0 Å². The first kappa shape index (κ1) is 16.6. The summed E-state index contributed by atoms with van der Waals surface area (Å²) in [4.78, 5) is 23.7. The fraction of sp³-hybridized carbons (Fsp3) is 0.286.